The van der Waals surface area contributed by atoms with Crippen LogP contribution >= 0.6 is 22.7 Å². The van der Waals surface area contributed by atoms with Gasteiger partial charge in [-0.05, 0) is 37.1 Å². The van der Waals surface area contributed by atoms with Gasteiger partial charge in [0.2, 0.25) is 11.8 Å². The van der Waals surface area contributed by atoms with Crippen molar-refractivity contribution in [1.29, 1.82) is 0 Å². The third-order valence-corrected chi connectivity index (χ3v) is 7.19. The molecule has 2 aromatic carbocycles. The Hall–Kier alpha value is -3.10. The Bertz CT molecular complexity index is 1250. The fraction of sp³-hybridized carbons (Fsp3) is 0.217. The van der Waals surface area contributed by atoms with E-state index in [1.807, 2.05) is 60.8 Å². The molecule has 0 atom stereocenters. The second-order valence-corrected chi connectivity index (χ2v) is 9.27. The Morgan fingerprint density at radius 1 is 1.13 bits per heavy atom. The van der Waals surface area contributed by atoms with E-state index in [4.69, 9.17) is 4.98 Å². The van der Waals surface area contributed by atoms with E-state index in [1.165, 1.54) is 22.7 Å². The number of nitrogens with zero attached hydrogens (tertiary/aromatic N) is 4. The minimum Gasteiger partial charge on any atom is -0.288 e. The molecule has 0 unspecified atom stereocenters. The van der Waals surface area contributed by atoms with E-state index in [-0.39, 0.29) is 18.2 Å². The zero-order valence-corrected chi connectivity index (χ0v) is 18.6. The van der Waals surface area contributed by atoms with Gasteiger partial charge in [-0.3, -0.25) is 19.4 Å². The van der Waals surface area contributed by atoms with Crippen molar-refractivity contribution < 1.29 is 9.59 Å². The number of hydrogen-bond donors (Lipinski definition) is 0. The SMILES string of the molecule is Cc1ccccc1N(C(=O)Cc1csc(N2CCCC2=O)n1)c1nc2ccccc2s1. The number of anilines is 3. The van der Waals surface area contributed by atoms with Crippen LogP contribution in [0.15, 0.2) is 53.9 Å². The van der Waals surface area contributed by atoms with Gasteiger partial charge in [0.25, 0.3) is 0 Å². The van der Waals surface area contributed by atoms with Crippen LogP contribution in [0.3, 0.4) is 0 Å². The first-order chi connectivity index (χ1) is 15.1. The number of amides is 2. The molecule has 0 spiro atoms. The fourth-order valence-corrected chi connectivity index (χ4v) is 5.56. The van der Waals surface area contributed by atoms with Crippen LogP contribution in [0.25, 0.3) is 10.2 Å². The van der Waals surface area contributed by atoms with Gasteiger partial charge in [0.05, 0.1) is 28.0 Å². The number of carbonyl (C=O) groups excluding carboxylic acids is 2. The quantitative estimate of drug-likeness (QED) is 0.426. The first-order valence-corrected chi connectivity index (χ1v) is 11.8. The van der Waals surface area contributed by atoms with Crippen LogP contribution < -0.4 is 9.80 Å². The van der Waals surface area contributed by atoms with Gasteiger partial charge in [-0.1, -0.05) is 41.7 Å². The maximum absolute atomic E-state index is 13.5. The van der Waals surface area contributed by atoms with E-state index in [2.05, 4.69) is 4.98 Å². The molecule has 0 saturated carbocycles. The molecular weight excluding hydrogens is 428 g/mol. The number of thiazole rings is 2. The van der Waals surface area contributed by atoms with Crippen molar-refractivity contribution >= 4 is 60.7 Å². The van der Waals surface area contributed by atoms with Crippen molar-refractivity contribution in [2.24, 2.45) is 0 Å². The summed E-state index contributed by atoms with van der Waals surface area (Å²) < 4.78 is 1.03. The smallest absolute Gasteiger partial charge is 0.239 e. The van der Waals surface area contributed by atoms with Crippen molar-refractivity contribution in [2.75, 3.05) is 16.3 Å². The van der Waals surface area contributed by atoms with Crippen LogP contribution in [0.4, 0.5) is 16.0 Å². The van der Waals surface area contributed by atoms with Gasteiger partial charge in [0, 0.05) is 18.3 Å². The molecule has 6 nitrogen and oxygen atoms in total. The minimum atomic E-state index is -0.0991. The highest BCUT2D eigenvalue weighted by molar-refractivity contribution is 7.22. The molecule has 2 amide bonds. The summed E-state index contributed by atoms with van der Waals surface area (Å²) in [5.41, 5.74) is 3.36. The lowest BCUT2D eigenvalue weighted by Crippen LogP contribution is -2.28. The molecule has 31 heavy (non-hydrogen) atoms. The van der Waals surface area contributed by atoms with Crippen LogP contribution in [0.1, 0.15) is 24.1 Å². The molecule has 3 heterocycles. The van der Waals surface area contributed by atoms with Crippen molar-refractivity contribution in [3.63, 3.8) is 0 Å². The summed E-state index contributed by atoms with van der Waals surface area (Å²) in [6.45, 7) is 2.68. The molecule has 0 aliphatic carbocycles. The third-order valence-electron chi connectivity index (χ3n) is 5.26. The van der Waals surface area contributed by atoms with Gasteiger partial charge in [-0.15, -0.1) is 11.3 Å². The first kappa shape index (κ1) is 19.8. The molecule has 1 saturated heterocycles. The number of benzene rings is 2. The van der Waals surface area contributed by atoms with Crippen molar-refractivity contribution in [3.8, 4) is 0 Å². The van der Waals surface area contributed by atoms with E-state index in [1.54, 1.807) is 9.80 Å². The normalized spacial score (nSPS) is 13.8. The zero-order valence-electron chi connectivity index (χ0n) is 16.9. The van der Waals surface area contributed by atoms with E-state index < -0.39 is 0 Å². The number of fused-ring (bicyclic) bond motifs is 1. The van der Waals surface area contributed by atoms with E-state index >= 15 is 0 Å². The monoisotopic (exact) mass is 448 g/mol. The standard InChI is InChI=1S/C23H20N4O2S2/c1-15-7-2-4-9-18(15)27(23-25-17-8-3-5-10-19(17)31-23)21(29)13-16-14-30-22(24-16)26-12-6-11-20(26)28/h2-5,7-10,14H,6,11-13H2,1H3. The van der Waals surface area contributed by atoms with Gasteiger partial charge in [-0.2, -0.15) is 0 Å². The summed E-state index contributed by atoms with van der Waals surface area (Å²) in [5.74, 6) is 0.00111. The summed E-state index contributed by atoms with van der Waals surface area (Å²) >= 11 is 2.91. The van der Waals surface area contributed by atoms with Gasteiger partial charge >= 0.3 is 0 Å². The Morgan fingerprint density at radius 2 is 1.94 bits per heavy atom. The average Bonchev–Trinajstić information content (AvgIpc) is 3.49. The van der Waals surface area contributed by atoms with Gasteiger partial charge in [-0.25, -0.2) is 9.97 Å². The highest BCUT2D eigenvalue weighted by Gasteiger charge is 2.27. The largest absolute Gasteiger partial charge is 0.288 e. The first-order valence-electron chi connectivity index (χ1n) is 10.1. The molecule has 156 valence electrons. The molecular formula is C23H20N4O2S2. The topological polar surface area (TPSA) is 66.4 Å². The highest BCUT2D eigenvalue weighted by atomic mass is 32.1. The average molecular weight is 449 g/mol. The summed E-state index contributed by atoms with van der Waals surface area (Å²) in [6.07, 6.45) is 1.56. The number of para-hydroxylation sites is 2. The minimum absolute atomic E-state index is 0.0991. The summed E-state index contributed by atoms with van der Waals surface area (Å²) in [4.78, 5) is 38.2. The predicted molar refractivity (Wildman–Crippen MR) is 125 cm³/mol. The van der Waals surface area contributed by atoms with Crippen molar-refractivity contribution in [1.82, 2.24) is 9.97 Å². The van der Waals surface area contributed by atoms with E-state index in [9.17, 15) is 9.59 Å². The Balaban J connectivity index is 1.48. The van der Waals surface area contributed by atoms with Gasteiger partial charge in [0.1, 0.15) is 0 Å². The van der Waals surface area contributed by atoms with Crippen LogP contribution in [0, 0.1) is 6.92 Å². The summed E-state index contributed by atoms with van der Waals surface area (Å²) in [6, 6.07) is 15.7. The lowest BCUT2D eigenvalue weighted by molar-refractivity contribution is -0.117. The molecule has 0 bridgehead atoms. The summed E-state index contributed by atoms with van der Waals surface area (Å²) in [5, 5.41) is 3.19. The molecule has 5 rings (SSSR count). The Labute approximate surface area is 187 Å². The Morgan fingerprint density at radius 3 is 2.71 bits per heavy atom. The predicted octanol–water partition coefficient (Wildman–Crippen LogP) is 5.10. The molecule has 1 aliphatic rings. The summed E-state index contributed by atoms with van der Waals surface area (Å²) in [7, 11) is 0. The number of aryl methyl sites for hydroxylation is 1. The lowest BCUT2D eigenvalue weighted by atomic mass is 10.1. The fourth-order valence-electron chi connectivity index (χ4n) is 3.70. The number of aromatic nitrogens is 2. The second-order valence-electron chi connectivity index (χ2n) is 7.43. The van der Waals surface area contributed by atoms with Crippen LogP contribution in [0.2, 0.25) is 0 Å². The van der Waals surface area contributed by atoms with E-state index in [0.29, 0.717) is 28.9 Å². The van der Waals surface area contributed by atoms with Crippen LogP contribution in [-0.2, 0) is 16.0 Å². The second kappa shape index (κ2) is 8.20. The molecule has 0 N–H and O–H groups in total. The van der Waals surface area contributed by atoms with Crippen LogP contribution in [-0.4, -0.2) is 28.3 Å². The molecule has 4 aromatic rings. The number of carbonyl (C=O) groups is 2. The number of rotatable bonds is 5. The van der Waals surface area contributed by atoms with Gasteiger partial charge in [0.15, 0.2) is 10.3 Å². The van der Waals surface area contributed by atoms with E-state index in [0.717, 1.165) is 27.9 Å². The van der Waals surface area contributed by atoms with Crippen LogP contribution in [0.5, 0.6) is 0 Å². The highest BCUT2D eigenvalue weighted by Crippen LogP contribution is 2.35. The molecule has 2 aromatic heterocycles. The Kier molecular flexibility index (Phi) is 5.25. The molecule has 1 fully saturated rings. The molecule has 8 heteroatoms. The number of hydrogen-bond acceptors (Lipinski definition) is 6. The maximum atomic E-state index is 13.5. The maximum Gasteiger partial charge on any atom is 0.239 e. The zero-order chi connectivity index (χ0) is 21.4. The van der Waals surface area contributed by atoms with Gasteiger partial charge < -0.3 is 0 Å². The molecule has 1 aliphatic heterocycles. The third kappa shape index (κ3) is 3.84. The molecule has 0 radical (unpaired) electrons. The lowest BCUT2D eigenvalue weighted by Gasteiger charge is -2.21. The van der Waals surface area contributed by atoms with Crippen molar-refractivity contribution in [2.45, 2.75) is 26.2 Å². The van der Waals surface area contributed by atoms with Crippen molar-refractivity contribution in [3.05, 3.63) is 65.2 Å².